The second kappa shape index (κ2) is 5.14. The summed E-state index contributed by atoms with van der Waals surface area (Å²) in [6.07, 6.45) is -0.734. The van der Waals surface area contributed by atoms with Crippen molar-refractivity contribution in [2.45, 2.75) is 6.10 Å². The zero-order valence-corrected chi connectivity index (χ0v) is 9.73. The normalized spacial score (nSPS) is 16.9. The van der Waals surface area contributed by atoms with E-state index in [0.29, 0.717) is 12.1 Å². The third kappa shape index (κ3) is 2.94. The lowest BCUT2D eigenvalue weighted by molar-refractivity contribution is 0.179. The topological polar surface area (TPSA) is 47.9 Å². The minimum atomic E-state index is -0.734. The van der Waals surface area contributed by atoms with E-state index < -0.39 is 6.10 Å². The number of nitrogens with one attached hydrogen (secondary N) is 1. The Hall–Kier alpha value is -1.62. The van der Waals surface area contributed by atoms with Crippen LogP contribution in [-0.2, 0) is 0 Å². The summed E-state index contributed by atoms with van der Waals surface area (Å²) in [6.45, 7) is 1.99. The first-order valence-corrected chi connectivity index (χ1v) is 5.60. The highest BCUT2D eigenvalue weighted by molar-refractivity contribution is 5.81. The van der Waals surface area contributed by atoms with Gasteiger partial charge in [0.15, 0.2) is 5.96 Å². The SMILES string of the molecule is CN1CCN=C1NCC(O)c1cccc(F)c1. The number of aliphatic hydroxyl groups is 1. The Morgan fingerprint density at radius 3 is 3.06 bits per heavy atom. The van der Waals surface area contributed by atoms with E-state index in [1.807, 2.05) is 11.9 Å². The molecule has 0 aliphatic carbocycles. The first-order chi connectivity index (χ1) is 8.16. The summed E-state index contributed by atoms with van der Waals surface area (Å²) >= 11 is 0. The van der Waals surface area contributed by atoms with E-state index in [1.54, 1.807) is 12.1 Å². The highest BCUT2D eigenvalue weighted by atomic mass is 19.1. The lowest BCUT2D eigenvalue weighted by atomic mass is 10.1. The molecule has 0 aromatic heterocycles. The van der Waals surface area contributed by atoms with Crippen molar-refractivity contribution in [3.05, 3.63) is 35.6 Å². The zero-order valence-electron chi connectivity index (χ0n) is 9.73. The number of benzene rings is 1. The lowest BCUT2D eigenvalue weighted by Crippen LogP contribution is -2.37. The molecule has 2 rings (SSSR count). The van der Waals surface area contributed by atoms with E-state index in [2.05, 4.69) is 10.3 Å². The summed E-state index contributed by atoms with van der Waals surface area (Å²) in [5.74, 6) is 0.442. The maximum Gasteiger partial charge on any atom is 0.193 e. The molecule has 17 heavy (non-hydrogen) atoms. The molecule has 2 N–H and O–H groups in total. The Balaban J connectivity index is 1.91. The van der Waals surface area contributed by atoms with Crippen LogP contribution in [0.4, 0.5) is 4.39 Å². The van der Waals surface area contributed by atoms with Gasteiger partial charge in [0.2, 0.25) is 0 Å². The van der Waals surface area contributed by atoms with Crippen molar-refractivity contribution in [2.24, 2.45) is 4.99 Å². The molecule has 1 aromatic rings. The first kappa shape index (κ1) is 11.9. The molecular weight excluding hydrogens is 221 g/mol. The minimum Gasteiger partial charge on any atom is -0.387 e. The van der Waals surface area contributed by atoms with Crippen LogP contribution < -0.4 is 5.32 Å². The Morgan fingerprint density at radius 1 is 1.59 bits per heavy atom. The van der Waals surface area contributed by atoms with Gasteiger partial charge in [0, 0.05) is 20.1 Å². The molecule has 92 valence electrons. The molecule has 1 heterocycles. The zero-order chi connectivity index (χ0) is 12.3. The number of aliphatic imine (C=N–C) groups is 1. The molecule has 0 radical (unpaired) electrons. The van der Waals surface area contributed by atoms with E-state index in [-0.39, 0.29) is 5.82 Å². The number of halogens is 1. The largest absolute Gasteiger partial charge is 0.387 e. The second-order valence-electron chi connectivity index (χ2n) is 4.08. The third-order valence-electron chi connectivity index (χ3n) is 2.75. The van der Waals surface area contributed by atoms with E-state index in [1.165, 1.54) is 12.1 Å². The van der Waals surface area contributed by atoms with Crippen LogP contribution >= 0.6 is 0 Å². The van der Waals surface area contributed by atoms with Gasteiger partial charge in [-0.05, 0) is 17.7 Å². The summed E-state index contributed by atoms with van der Waals surface area (Å²) in [5, 5.41) is 12.9. The number of hydrogen-bond acceptors (Lipinski definition) is 4. The van der Waals surface area contributed by atoms with Crippen molar-refractivity contribution >= 4 is 5.96 Å². The van der Waals surface area contributed by atoms with Gasteiger partial charge < -0.3 is 15.3 Å². The van der Waals surface area contributed by atoms with E-state index in [9.17, 15) is 9.50 Å². The quantitative estimate of drug-likeness (QED) is 0.815. The Labute approximate surface area is 99.8 Å². The molecular formula is C12H16FN3O. The van der Waals surface area contributed by atoms with Crippen molar-refractivity contribution in [2.75, 3.05) is 26.7 Å². The minimum absolute atomic E-state index is 0.326. The molecule has 0 bridgehead atoms. The van der Waals surface area contributed by atoms with Crippen molar-refractivity contribution in [1.29, 1.82) is 0 Å². The van der Waals surface area contributed by atoms with Gasteiger partial charge in [0.05, 0.1) is 12.6 Å². The fourth-order valence-electron chi connectivity index (χ4n) is 1.74. The maximum atomic E-state index is 13.0. The Kier molecular flexibility index (Phi) is 3.58. The molecule has 0 saturated carbocycles. The van der Waals surface area contributed by atoms with E-state index in [0.717, 1.165) is 19.0 Å². The number of guanidine groups is 1. The smallest absolute Gasteiger partial charge is 0.193 e. The van der Waals surface area contributed by atoms with Gasteiger partial charge in [0.25, 0.3) is 0 Å². The fraction of sp³-hybridized carbons (Fsp3) is 0.417. The first-order valence-electron chi connectivity index (χ1n) is 5.60. The van der Waals surface area contributed by atoms with Gasteiger partial charge >= 0.3 is 0 Å². The van der Waals surface area contributed by atoms with Gasteiger partial charge in [0.1, 0.15) is 5.82 Å². The predicted octanol–water partition coefficient (Wildman–Crippen LogP) is 0.750. The van der Waals surface area contributed by atoms with Crippen molar-refractivity contribution < 1.29 is 9.50 Å². The second-order valence-corrected chi connectivity index (χ2v) is 4.08. The Bertz CT molecular complexity index is 422. The van der Waals surface area contributed by atoms with Gasteiger partial charge in [-0.1, -0.05) is 12.1 Å². The third-order valence-corrected chi connectivity index (χ3v) is 2.75. The van der Waals surface area contributed by atoms with Crippen LogP contribution in [0.1, 0.15) is 11.7 Å². The summed E-state index contributed by atoms with van der Waals surface area (Å²) < 4.78 is 13.0. The summed E-state index contributed by atoms with van der Waals surface area (Å²) in [4.78, 5) is 6.23. The molecule has 1 unspecified atom stereocenters. The van der Waals surface area contributed by atoms with Crippen LogP contribution in [0.5, 0.6) is 0 Å². The van der Waals surface area contributed by atoms with Crippen LogP contribution in [0.25, 0.3) is 0 Å². The van der Waals surface area contributed by atoms with Gasteiger partial charge in [-0.15, -0.1) is 0 Å². The van der Waals surface area contributed by atoms with Crippen LogP contribution in [-0.4, -0.2) is 42.6 Å². The molecule has 0 saturated heterocycles. The lowest BCUT2D eigenvalue weighted by Gasteiger charge is -2.18. The van der Waals surface area contributed by atoms with Gasteiger partial charge in [-0.25, -0.2) is 4.39 Å². The molecule has 0 fully saturated rings. The standard InChI is InChI=1S/C12H16FN3O/c1-16-6-5-14-12(16)15-8-11(17)9-3-2-4-10(13)7-9/h2-4,7,11,17H,5-6,8H2,1H3,(H,14,15). The van der Waals surface area contributed by atoms with Gasteiger partial charge in [-0.3, -0.25) is 4.99 Å². The average molecular weight is 237 g/mol. The molecule has 5 heteroatoms. The molecule has 1 aliphatic rings. The summed E-state index contributed by atoms with van der Waals surface area (Å²) in [7, 11) is 1.94. The highest BCUT2D eigenvalue weighted by Gasteiger charge is 2.14. The number of aliphatic hydroxyl groups excluding tert-OH is 1. The molecule has 0 amide bonds. The summed E-state index contributed by atoms with van der Waals surface area (Å²) in [5.41, 5.74) is 0.568. The molecule has 1 aromatic carbocycles. The van der Waals surface area contributed by atoms with Crippen molar-refractivity contribution in [1.82, 2.24) is 10.2 Å². The van der Waals surface area contributed by atoms with Crippen molar-refractivity contribution in [3.63, 3.8) is 0 Å². The summed E-state index contributed by atoms with van der Waals surface area (Å²) in [6, 6.07) is 5.99. The van der Waals surface area contributed by atoms with E-state index in [4.69, 9.17) is 0 Å². The molecule has 4 nitrogen and oxygen atoms in total. The molecule has 0 spiro atoms. The number of rotatable bonds is 3. The van der Waals surface area contributed by atoms with Crippen LogP contribution in [0, 0.1) is 5.82 Å². The van der Waals surface area contributed by atoms with Crippen LogP contribution in [0.2, 0.25) is 0 Å². The predicted molar refractivity (Wildman–Crippen MR) is 64.3 cm³/mol. The highest BCUT2D eigenvalue weighted by Crippen LogP contribution is 2.13. The monoisotopic (exact) mass is 237 g/mol. The van der Waals surface area contributed by atoms with Gasteiger partial charge in [-0.2, -0.15) is 0 Å². The van der Waals surface area contributed by atoms with Crippen LogP contribution in [0.15, 0.2) is 29.3 Å². The van der Waals surface area contributed by atoms with Crippen molar-refractivity contribution in [3.8, 4) is 0 Å². The number of likely N-dealkylation sites (N-methyl/N-ethyl adjacent to an activating group) is 1. The number of hydrogen-bond donors (Lipinski definition) is 2. The average Bonchev–Trinajstić information content (AvgIpc) is 2.72. The maximum absolute atomic E-state index is 13.0. The van der Waals surface area contributed by atoms with E-state index >= 15 is 0 Å². The molecule has 1 aliphatic heterocycles. The van der Waals surface area contributed by atoms with Crippen LogP contribution in [0.3, 0.4) is 0 Å². The number of nitrogens with zero attached hydrogens (tertiary/aromatic N) is 2. The molecule has 1 atom stereocenters. The Morgan fingerprint density at radius 2 is 2.41 bits per heavy atom. The fourth-order valence-corrected chi connectivity index (χ4v) is 1.74.